The van der Waals surface area contributed by atoms with E-state index in [9.17, 15) is 4.79 Å². The molecule has 4 rings (SSSR count). The fraction of sp³-hybridized carbons (Fsp3) is 0.966. The summed E-state index contributed by atoms with van der Waals surface area (Å²) in [5, 5.41) is 0. The Bertz CT molecular complexity index is 656. The van der Waals surface area contributed by atoms with E-state index in [1.165, 1.54) is 70.6 Å². The van der Waals surface area contributed by atoms with Gasteiger partial charge in [0.05, 0.1) is 6.61 Å². The Hall–Kier alpha value is -0.450. The summed E-state index contributed by atoms with van der Waals surface area (Å²) in [5.41, 5.74) is 11.6. The van der Waals surface area contributed by atoms with Gasteiger partial charge in [-0.1, -0.05) is 40.0 Å². The number of carbonyl (C=O) groups is 1. The zero-order chi connectivity index (χ0) is 23.5. The Morgan fingerprint density at radius 1 is 1.00 bits per heavy atom. The molecule has 0 radical (unpaired) electrons. The third-order valence-electron chi connectivity index (χ3n) is 11.6. The predicted molar refractivity (Wildman–Crippen MR) is 136 cm³/mol. The van der Waals surface area contributed by atoms with Gasteiger partial charge in [-0.3, -0.25) is 0 Å². The molecule has 0 aromatic carbocycles. The largest absolute Gasteiger partial charge is 0.324 e. The van der Waals surface area contributed by atoms with Crippen LogP contribution in [0.25, 0.3) is 0 Å². The molecule has 190 valence electrons. The van der Waals surface area contributed by atoms with E-state index in [0.29, 0.717) is 17.3 Å². The number of rotatable bonds is 11. The monoisotopic (exact) mass is 460 g/mol. The van der Waals surface area contributed by atoms with Crippen LogP contribution in [0.5, 0.6) is 0 Å². The molecule has 4 fully saturated rings. The van der Waals surface area contributed by atoms with Crippen LogP contribution in [0.3, 0.4) is 0 Å². The number of unbranched alkanes of at least 4 members (excludes halogenated alkanes) is 2. The van der Waals surface area contributed by atoms with E-state index >= 15 is 0 Å². The minimum atomic E-state index is 0.0691. The maximum atomic E-state index is 10.4. The van der Waals surface area contributed by atoms with Gasteiger partial charge < -0.3 is 15.4 Å². The van der Waals surface area contributed by atoms with Crippen molar-refractivity contribution in [3.63, 3.8) is 0 Å². The van der Waals surface area contributed by atoms with Crippen LogP contribution in [-0.4, -0.2) is 25.0 Å². The lowest BCUT2D eigenvalue weighted by Gasteiger charge is -2.68. The van der Waals surface area contributed by atoms with E-state index in [0.717, 1.165) is 68.3 Å². The number of nitrogens with two attached hydrogens (primary N) is 1. The highest BCUT2D eigenvalue weighted by Gasteiger charge is 2.66. The van der Waals surface area contributed by atoms with Gasteiger partial charge in [-0.2, -0.15) is 0 Å². The van der Waals surface area contributed by atoms with Crippen LogP contribution >= 0.6 is 0 Å². The maximum absolute atomic E-state index is 10.4. The van der Waals surface area contributed by atoms with E-state index < -0.39 is 0 Å². The zero-order valence-corrected chi connectivity index (χ0v) is 21.9. The Labute approximate surface area is 203 Å². The van der Waals surface area contributed by atoms with E-state index in [2.05, 4.69) is 26.3 Å². The van der Waals surface area contributed by atoms with Crippen LogP contribution in [0.2, 0.25) is 0 Å². The molecule has 0 saturated heterocycles. The Kier molecular flexibility index (Phi) is 8.28. The van der Waals surface area contributed by atoms with Crippen molar-refractivity contribution in [1.82, 2.24) is 5.48 Å². The van der Waals surface area contributed by atoms with Crippen molar-refractivity contribution >= 4 is 6.29 Å². The first-order valence-electron chi connectivity index (χ1n) is 14.5. The molecule has 4 aliphatic carbocycles. The van der Waals surface area contributed by atoms with E-state index in [4.69, 9.17) is 10.6 Å². The molecule has 0 spiro atoms. The Morgan fingerprint density at radius 3 is 2.64 bits per heavy atom. The Morgan fingerprint density at radius 2 is 1.85 bits per heavy atom. The van der Waals surface area contributed by atoms with E-state index in [-0.39, 0.29) is 5.54 Å². The molecule has 3 N–H and O–H groups in total. The lowest BCUT2D eigenvalue weighted by molar-refractivity contribution is -0.152. The summed E-state index contributed by atoms with van der Waals surface area (Å²) in [7, 11) is 0. The van der Waals surface area contributed by atoms with Gasteiger partial charge in [-0.15, -0.1) is 0 Å². The van der Waals surface area contributed by atoms with Gasteiger partial charge in [0.2, 0.25) is 0 Å². The van der Waals surface area contributed by atoms with Gasteiger partial charge in [0.25, 0.3) is 0 Å². The smallest absolute Gasteiger partial charge is 0.119 e. The molecule has 0 aliphatic heterocycles. The second kappa shape index (κ2) is 10.7. The molecule has 33 heavy (non-hydrogen) atoms. The van der Waals surface area contributed by atoms with Crippen molar-refractivity contribution < 1.29 is 9.63 Å². The fourth-order valence-electron chi connectivity index (χ4n) is 9.58. The molecule has 4 saturated carbocycles. The molecular weight excluding hydrogens is 408 g/mol. The molecule has 0 heterocycles. The first kappa shape index (κ1) is 25.6. The molecule has 0 bridgehead atoms. The van der Waals surface area contributed by atoms with Gasteiger partial charge >= 0.3 is 0 Å². The van der Waals surface area contributed by atoms with Crippen molar-refractivity contribution in [1.29, 1.82) is 0 Å². The molecule has 4 heteroatoms. The van der Waals surface area contributed by atoms with Crippen molar-refractivity contribution in [3.05, 3.63) is 0 Å². The lowest BCUT2D eigenvalue weighted by Crippen LogP contribution is -2.71. The number of nitrogens with one attached hydrogen (secondary N) is 1. The summed E-state index contributed by atoms with van der Waals surface area (Å²) in [6, 6.07) is 0. The highest BCUT2D eigenvalue weighted by molar-refractivity contribution is 5.48. The minimum Gasteiger partial charge on any atom is -0.324 e. The van der Waals surface area contributed by atoms with Crippen LogP contribution in [0.15, 0.2) is 0 Å². The first-order valence-corrected chi connectivity index (χ1v) is 14.5. The first-order chi connectivity index (χ1) is 15.9. The van der Waals surface area contributed by atoms with Crippen LogP contribution in [0.4, 0.5) is 0 Å². The fourth-order valence-corrected chi connectivity index (χ4v) is 9.58. The van der Waals surface area contributed by atoms with E-state index in [1.807, 2.05) is 0 Å². The number of hydrogen-bond donors (Lipinski definition) is 2. The number of fused-ring (bicyclic) bond motifs is 5. The van der Waals surface area contributed by atoms with Crippen molar-refractivity contribution in [3.8, 4) is 0 Å². The summed E-state index contributed by atoms with van der Waals surface area (Å²) in [6.45, 7) is 9.34. The second-order valence-corrected chi connectivity index (χ2v) is 12.8. The average molecular weight is 461 g/mol. The Balaban J connectivity index is 1.34. The third-order valence-corrected chi connectivity index (χ3v) is 11.6. The van der Waals surface area contributed by atoms with Crippen molar-refractivity contribution in [2.45, 2.75) is 123 Å². The van der Waals surface area contributed by atoms with Gasteiger partial charge in [-0.05, 0) is 111 Å². The molecule has 4 nitrogen and oxygen atoms in total. The van der Waals surface area contributed by atoms with Crippen molar-refractivity contribution in [2.75, 3.05) is 13.2 Å². The molecule has 8 atom stereocenters. The van der Waals surface area contributed by atoms with Gasteiger partial charge in [0, 0.05) is 18.5 Å². The maximum Gasteiger partial charge on any atom is 0.119 e. The standard InChI is InChI=1S/C29H52N2O2/c1-4-22-21-26-25-14-13-23(11-10-20-33-31-18-8-5-9-19-32)27(25,2)16-17-29(26,30)28(3)15-7-6-12-24(22)28/h19,22-26,31H,4-18,20-21,30H2,1-3H3/t22-,23?,24?,25?,26?,27?,28?,29+/m0/s1. The summed E-state index contributed by atoms with van der Waals surface area (Å²) < 4.78 is 0. The molecule has 0 aromatic heterocycles. The highest BCUT2D eigenvalue weighted by Crippen LogP contribution is 2.69. The summed E-state index contributed by atoms with van der Waals surface area (Å²) >= 11 is 0. The van der Waals surface area contributed by atoms with Crippen LogP contribution < -0.4 is 11.2 Å². The average Bonchev–Trinajstić information content (AvgIpc) is 3.14. The second-order valence-electron chi connectivity index (χ2n) is 12.8. The number of aldehydes is 1. The normalized spacial score (nSPS) is 44.7. The van der Waals surface area contributed by atoms with Crippen LogP contribution in [-0.2, 0) is 9.63 Å². The number of carbonyl (C=O) groups excluding carboxylic acids is 1. The van der Waals surface area contributed by atoms with Crippen LogP contribution in [0, 0.1) is 40.4 Å². The van der Waals surface area contributed by atoms with Gasteiger partial charge in [0.1, 0.15) is 6.29 Å². The van der Waals surface area contributed by atoms with Crippen LogP contribution in [0.1, 0.15) is 117 Å². The number of hydrogen-bond acceptors (Lipinski definition) is 4. The number of hydroxylamine groups is 1. The molecule has 0 aromatic rings. The van der Waals surface area contributed by atoms with Crippen molar-refractivity contribution in [2.24, 2.45) is 46.2 Å². The molecular formula is C29H52N2O2. The predicted octanol–water partition coefficient (Wildman–Crippen LogP) is 6.42. The van der Waals surface area contributed by atoms with Gasteiger partial charge in [-0.25, -0.2) is 5.48 Å². The summed E-state index contributed by atoms with van der Waals surface area (Å²) in [6.07, 6.45) is 19.8. The summed E-state index contributed by atoms with van der Waals surface area (Å²) in [5.74, 6) is 4.15. The lowest BCUT2D eigenvalue weighted by atomic mass is 9.39. The zero-order valence-electron chi connectivity index (χ0n) is 21.9. The SMILES string of the molecule is CC[C@H]1CC2C3CCC(CCCONCCCCC=O)C3(C)CC[C@]2(N)C2(C)CCCCC12. The molecule has 0 amide bonds. The summed E-state index contributed by atoms with van der Waals surface area (Å²) in [4.78, 5) is 16.1. The third kappa shape index (κ3) is 4.58. The molecule has 6 unspecified atom stereocenters. The topological polar surface area (TPSA) is 64.3 Å². The highest BCUT2D eigenvalue weighted by atomic mass is 16.6. The van der Waals surface area contributed by atoms with E-state index in [1.54, 1.807) is 0 Å². The quantitative estimate of drug-likeness (QED) is 0.212. The molecule has 4 aliphatic rings. The van der Waals surface area contributed by atoms with Gasteiger partial charge in [0.15, 0.2) is 0 Å². The minimum absolute atomic E-state index is 0.0691.